The van der Waals surface area contributed by atoms with Crippen molar-refractivity contribution in [1.29, 1.82) is 0 Å². The first-order chi connectivity index (χ1) is 9.28. The van der Waals surface area contributed by atoms with E-state index in [-0.39, 0.29) is 6.10 Å². The highest BCUT2D eigenvalue weighted by atomic mass is 16.3. The Bertz CT molecular complexity index is 439. The first-order valence-electron chi connectivity index (χ1n) is 7.28. The topological polar surface area (TPSA) is 61.3 Å². The van der Waals surface area contributed by atoms with Crippen molar-refractivity contribution < 1.29 is 5.11 Å². The van der Waals surface area contributed by atoms with Gasteiger partial charge in [0.2, 0.25) is 5.95 Å². The van der Waals surface area contributed by atoms with Gasteiger partial charge in [-0.15, -0.1) is 0 Å². The Morgan fingerprint density at radius 3 is 3.11 bits per heavy atom. The smallest absolute Gasteiger partial charge is 0.224 e. The lowest BCUT2D eigenvalue weighted by Crippen LogP contribution is -2.25. The molecule has 2 N–H and O–H groups in total. The Labute approximate surface area is 114 Å². The van der Waals surface area contributed by atoms with Crippen molar-refractivity contribution in [3.05, 3.63) is 12.3 Å². The molecule has 3 rings (SSSR count). The molecule has 5 nitrogen and oxygen atoms in total. The summed E-state index contributed by atoms with van der Waals surface area (Å²) in [5.74, 6) is 2.76. The SMILES string of the molecule is CCCNc1nccc(N2CC3CCC(O)C3C2)n1. The summed E-state index contributed by atoms with van der Waals surface area (Å²) in [7, 11) is 0. The number of aliphatic hydroxyl groups excluding tert-OH is 1. The van der Waals surface area contributed by atoms with E-state index in [0.717, 1.165) is 44.7 Å². The van der Waals surface area contributed by atoms with Crippen molar-refractivity contribution in [2.24, 2.45) is 11.8 Å². The van der Waals surface area contributed by atoms with Gasteiger partial charge in [-0.25, -0.2) is 4.98 Å². The van der Waals surface area contributed by atoms with E-state index in [1.807, 2.05) is 12.3 Å². The number of hydrogen-bond acceptors (Lipinski definition) is 5. The van der Waals surface area contributed by atoms with Crippen LogP contribution < -0.4 is 10.2 Å². The van der Waals surface area contributed by atoms with Gasteiger partial charge in [0, 0.05) is 31.7 Å². The molecule has 5 heteroatoms. The molecule has 0 spiro atoms. The molecule has 19 heavy (non-hydrogen) atoms. The second kappa shape index (κ2) is 5.33. The highest BCUT2D eigenvalue weighted by Gasteiger charge is 2.42. The first kappa shape index (κ1) is 12.7. The summed E-state index contributed by atoms with van der Waals surface area (Å²) in [6.07, 6.45) is 4.87. The molecule has 3 unspecified atom stereocenters. The van der Waals surface area contributed by atoms with Gasteiger partial charge in [0.25, 0.3) is 0 Å². The van der Waals surface area contributed by atoms with E-state index in [4.69, 9.17) is 0 Å². The van der Waals surface area contributed by atoms with Crippen LogP contribution in [-0.4, -0.2) is 40.8 Å². The summed E-state index contributed by atoms with van der Waals surface area (Å²) in [6.45, 7) is 4.97. The van der Waals surface area contributed by atoms with Gasteiger partial charge in [-0.1, -0.05) is 6.92 Å². The van der Waals surface area contributed by atoms with Crippen LogP contribution >= 0.6 is 0 Å². The zero-order chi connectivity index (χ0) is 13.2. The second-order valence-electron chi connectivity index (χ2n) is 5.64. The van der Waals surface area contributed by atoms with Gasteiger partial charge in [-0.05, 0) is 31.2 Å². The van der Waals surface area contributed by atoms with E-state index in [9.17, 15) is 5.11 Å². The Hall–Kier alpha value is -1.36. The van der Waals surface area contributed by atoms with Crippen molar-refractivity contribution in [3.63, 3.8) is 0 Å². The minimum Gasteiger partial charge on any atom is -0.393 e. The van der Waals surface area contributed by atoms with E-state index in [1.165, 1.54) is 0 Å². The molecule has 104 valence electrons. The molecular weight excluding hydrogens is 240 g/mol. The Kier molecular flexibility index (Phi) is 3.55. The molecule has 1 aliphatic carbocycles. The van der Waals surface area contributed by atoms with Crippen LogP contribution in [0.4, 0.5) is 11.8 Å². The van der Waals surface area contributed by atoms with Crippen molar-refractivity contribution >= 4 is 11.8 Å². The quantitative estimate of drug-likeness (QED) is 0.861. The summed E-state index contributed by atoms with van der Waals surface area (Å²) < 4.78 is 0. The Morgan fingerprint density at radius 2 is 2.32 bits per heavy atom. The standard InChI is InChI=1S/C14H22N4O/c1-2-6-15-14-16-7-5-13(17-14)18-8-10-3-4-12(19)11(10)9-18/h5,7,10-12,19H,2-4,6,8-9H2,1H3,(H,15,16,17). The maximum Gasteiger partial charge on any atom is 0.224 e. The van der Waals surface area contributed by atoms with E-state index in [2.05, 4.69) is 27.1 Å². The van der Waals surface area contributed by atoms with E-state index < -0.39 is 0 Å². The number of fused-ring (bicyclic) bond motifs is 1. The number of rotatable bonds is 4. The van der Waals surface area contributed by atoms with Crippen molar-refractivity contribution in [1.82, 2.24) is 9.97 Å². The number of anilines is 2. The fraction of sp³-hybridized carbons (Fsp3) is 0.714. The number of nitrogens with zero attached hydrogens (tertiary/aromatic N) is 3. The molecule has 1 saturated heterocycles. The summed E-state index contributed by atoms with van der Waals surface area (Å²) in [5, 5.41) is 13.2. The van der Waals surface area contributed by atoms with Gasteiger partial charge in [-0.2, -0.15) is 4.98 Å². The van der Waals surface area contributed by atoms with Crippen LogP contribution in [0.1, 0.15) is 26.2 Å². The summed E-state index contributed by atoms with van der Waals surface area (Å²) in [5.41, 5.74) is 0. The van der Waals surface area contributed by atoms with Crippen LogP contribution in [0.3, 0.4) is 0 Å². The van der Waals surface area contributed by atoms with Gasteiger partial charge in [0.05, 0.1) is 6.10 Å². The van der Waals surface area contributed by atoms with Gasteiger partial charge in [0.1, 0.15) is 5.82 Å². The van der Waals surface area contributed by atoms with Gasteiger partial charge >= 0.3 is 0 Å². The normalized spacial score (nSPS) is 29.6. The van der Waals surface area contributed by atoms with Crippen molar-refractivity contribution in [3.8, 4) is 0 Å². The number of aromatic nitrogens is 2. The zero-order valence-electron chi connectivity index (χ0n) is 11.4. The predicted molar refractivity (Wildman–Crippen MR) is 75.2 cm³/mol. The van der Waals surface area contributed by atoms with E-state index >= 15 is 0 Å². The molecular formula is C14H22N4O. The molecule has 1 aromatic heterocycles. The first-order valence-corrected chi connectivity index (χ1v) is 7.28. The summed E-state index contributed by atoms with van der Waals surface area (Å²) in [6, 6.07) is 1.96. The second-order valence-corrected chi connectivity index (χ2v) is 5.64. The average molecular weight is 262 g/mol. The monoisotopic (exact) mass is 262 g/mol. The zero-order valence-corrected chi connectivity index (χ0v) is 11.4. The van der Waals surface area contributed by atoms with Crippen LogP contribution in [0.5, 0.6) is 0 Å². The molecule has 0 bridgehead atoms. The third-order valence-electron chi connectivity index (χ3n) is 4.32. The molecule has 0 amide bonds. The third-order valence-corrected chi connectivity index (χ3v) is 4.32. The van der Waals surface area contributed by atoms with Crippen LogP contribution in [0.2, 0.25) is 0 Å². The van der Waals surface area contributed by atoms with Crippen LogP contribution in [0.15, 0.2) is 12.3 Å². The molecule has 2 fully saturated rings. The van der Waals surface area contributed by atoms with Crippen molar-refractivity contribution in [2.75, 3.05) is 29.9 Å². The molecule has 1 aliphatic heterocycles. The molecule has 0 radical (unpaired) electrons. The van der Waals surface area contributed by atoms with Gasteiger partial charge < -0.3 is 15.3 Å². The Balaban J connectivity index is 1.69. The average Bonchev–Trinajstić information content (AvgIpc) is 3.00. The highest BCUT2D eigenvalue weighted by Crippen LogP contribution is 2.39. The predicted octanol–water partition coefficient (Wildman–Crippen LogP) is 1.51. The fourth-order valence-corrected chi connectivity index (χ4v) is 3.27. The lowest BCUT2D eigenvalue weighted by Gasteiger charge is -2.19. The molecule has 1 aromatic rings. The number of nitrogens with one attached hydrogen (secondary N) is 1. The minimum absolute atomic E-state index is 0.116. The lowest BCUT2D eigenvalue weighted by atomic mass is 10.00. The largest absolute Gasteiger partial charge is 0.393 e. The molecule has 0 aromatic carbocycles. The number of aliphatic hydroxyl groups is 1. The maximum absolute atomic E-state index is 9.96. The summed E-state index contributed by atoms with van der Waals surface area (Å²) >= 11 is 0. The van der Waals surface area contributed by atoms with Crippen LogP contribution in [-0.2, 0) is 0 Å². The highest BCUT2D eigenvalue weighted by molar-refractivity contribution is 5.44. The van der Waals surface area contributed by atoms with E-state index in [0.29, 0.717) is 17.8 Å². The minimum atomic E-state index is -0.116. The molecule has 2 aliphatic rings. The van der Waals surface area contributed by atoms with Crippen molar-refractivity contribution in [2.45, 2.75) is 32.3 Å². The van der Waals surface area contributed by atoms with E-state index in [1.54, 1.807) is 0 Å². The maximum atomic E-state index is 9.96. The molecule has 3 atom stereocenters. The third kappa shape index (κ3) is 2.52. The Morgan fingerprint density at radius 1 is 1.42 bits per heavy atom. The number of hydrogen-bond donors (Lipinski definition) is 2. The fourth-order valence-electron chi connectivity index (χ4n) is 3.27. The van der Waals surface area contributed by atoms with Gasteiger partial charge in [-0.3, -0.25) is 0 Å². The van der Waals surface area contributed by atoms with Crippen LogP contribution in [0.25, 0.3) is 0 Å². The molecule has 2 heterocycles. The summed E-state index contributed by atoms with van der Waals surface area (Å²) in [4.78, 5) is 11.1. The lowest BCUT2D eigenvalue weighted by molar-refractivity contribution is 0.133. The van der Waals surface area contributed by atoms with Gasteiger partial charge in [0.15, 0.2) is 0 Å². The van der Waals surface area contributed by atoms with Crippen LogP contribution in [0, 0.1) is 11.8 Å². The molecule has 1 saturated carbocycles.